The van der Waals surface area contributed by atoms with Gasteiger partial charge in [-0.05, 0) is 48.5 Å². The van der Waals surface area contributed by atoms with Gasteiger partial charge in [0.2, 0.25) is 11.8 Å². The molecule has 3 aromatic rings. The quantitative estimate of drug-likeness (QED) is 0.590. The number of nitrogens with zero attached hydrogens (tertiary/aromatic N) is 2. The van der Waals surface area contributed by atoms with Gasteiger partial charge < -0.3 is 21.1 Å². The molecule has 3 rings (SSSR count). The molecule has 0 saturated carbocycles. The zero-order valence-electron chi connectivity index (χ0n) is 15.8. The second-order valence-corrected chi connectivity index (χ2v) is 6.15. The van der Waals surface area contributed by atoms with Gasteiger partial charge in [-0.1, -0.05) is 0 Å². The Morgan fingerprint density at radius 3 is 1.93 bits per heavy atom. The van der Waals surface area contributed by atoms with Gasteiger partial charge in [0.05, 0.1) is 7.11 Å². The number of carbonyl (C=O) groups excluding carboxylic acids is 3. The predicted molar refractivity (Wildman–Crippen MR) is 107 cm³/mol. The Morgan fingerprint density at radius 2 is 1.41 bits per heavy atom. The van der Waals surface area contributed by atoms with Crippen LogP contribution in [0.2, 0.25) is 0 Å². The van der Waals surface area contributed by atoms with Crippen molar-refractivity contribution in [2.24, 2.45) is 12.8 Å². The van der Waals surface area contributed by atoms with E-state index >= 15 is 0 Å². The average molecular weight is 393 g/mol. The zero-order valence-corrected chi connectivity index (χ0v) is 15.8. The first-order valence-corrected chi connectivity index (χ1v) is 8.57. The van der Waals surface area contributed by atoms with E-state index in [9.17, 15) is 14.4 Å². The van der Waals surface area contributed by atoms with Crippen molar-refractivity contribution in [1.29, 1.82) is 0 Å². The first-order chi connectivity index (χ1) is 13.9. The molecule has 0 fully saturated rings. The van der Waals surface area contributed by atoms with Gasteiger partial charge in [0.1, 0.15) is 5.56 Å². The molecule has 9 nitrogen and oxygen atoms in total. The molecule has 0 aliphatic rings. The Bertz CT molecular complexity index is 1060. The van der Waals surface area contributed by atoms with E-state index in [-0.39, 0.29) is 17.7 Å². The highest BCUT2D eigenvalue weighted by atomic mass is 16.5. The maximum absolute atomic E-state index is 12.4. The molecule has 2 aromatic carbocycles. The fourth-order valence-electron chi connectivity index (χ4n) is 2.60. The molecule has 1 aromatic heterocycles. The normalized spacial score (nSPS) is 10.3. The molecule has 148 valence electrons. The van der Waals surface area contributed by atoms with Gasteiger partial charge in [0.15, 0.2) is 0 Å². The summed E-state index contributed by atoms with van der Waals surface area (Å²) in [5, 5.41) is 9.49. The molecule has 1 heterocycles. The molecule has 0 atom stereocenters. The van der Waals surface area contributed by atoms with Crippen molar-refractivity contribution < 1.29 is 19.1 Å². The molecule has 0 unspecified atom stereocenters. The second kappa shape index (κ2) is 8.26. The lowest BCUT2D eigenvalue weighted by atomic mass is 10.1. The van der Waals surface area contributed by atoms with Crippen molar-refractivity contribution in [2.45, 2.75) is 0 Å². The van der Waals surface area contributed by atoms with E-state index in [1.54, 1.807) is 49.6 Å². The minimum Gasteiger partial charge on any atom is -0.479 e. The molecular formula is C20H19N5O4. The van der Waals surface area contributed by atoms with E-state index in [0.717, 1.165) is 0 Å². The van der Waals surface area contributed by atoms with Crippen LogP contribution in [0.25, 0.3) is 0 Å². The van der Waals surface area contributed by atoms with Crippen LogP contribution in [0.4, 0.5) is 11.4 Å². The van der Waals surface area contributed by atoms with E-state index in [1.165, 1.54) is 23.9 Å². The van der Waals surface area contributed by atoms with Crippen LogP contribution in [0.5, 0.6) is 5.88 Å². The number of benzene rings is 2. The van der Waals surface area contributed by atoms with Crippen molar-refractivity contribution in [3.63, 3.8) is 0 Å². The molecule has 0 aliphatic carbocycles. The SMILES string of the molecule is COc1nn(C)cc1C(=O)Nc1ccc(C(=O)Nc2ccc(C(N)=O)cc2)cc1. The van der Waals surface area contributed by atoms with Crippen molar-refractivity contribution in [2.75, 3.05) is 17.7 Å². The molecule has 0 aliphatic heterocycles. The number of nitrogens with two attached hydrogens (primary N) is 1. The fourth-order valence-corrected chi connectivity index (χ4v) is 2.60. The van der Waals surface area contributed by atoms with Crippen molar-refractivity contribution in [1.82, 2.24) is 9.78 Å². The largest absolute Gasteiger partial charge is 0.479 e. The summed E-state index contributed by atoms with van der Waals surface area (Å²) in [6, 6.07) is 12.7. The maximum Gasteiger partial charge on any atom is 0.262 e. The molecule has 0 radical (unpaired) electrons. The van der Waals surface area contributed by atoms with E-state index in [0.29, 0.717) is 28.1 Å². The summed E-state index contributed by atoms with van der Waals surface area (Å²) in [7, 11) is 3.13. The Morgan fingerprint density at radius 1 is 0.897 bits per heavy atom. The standard InChI is InChI=1S/C20H19N5O4/c1-25-11-16(20(24-25)29-2)19(28)23-15-9-5-13(6-10-15)18(27)22-14-7-3-12(4-8-14)17(21)26/h3-11H,1-2H3,(H2,21,26)(H,22,27)(H,23,28). The number of rotatable bonds is 6. The Hall–Kier alpha value is -4.14. The number of methoxy groups -OCH3 is 1. The lowest BCUT2D eigenvalue weighted by Gasteiger charge is -2.08. The summed E-state index contributed by atoms with van der Waals surface area (Å²) in [6.07, 6.45) is 1.56. The van der Waals surface area contributed by atoms with Crippen molar-refractivity contribution in [3.8, 4) is 5.88 Å². The van der Waals surface area contributed by atoms with Crippen LogP contribution < -0.4 is 21.1 Å². The molecule has 29 heavy (non-hydrogen) atoms. The monoisotopic (exact) mass is 393 g/mol. The van der Waals surface area contributed by atoms with Crippen LogP contribution in [0, 0.1) is 0 Å². The van der Waals surface area contributed by atoms with Crippen LogP contribution in [-0.4, -0.2) is 34.6 Å². The highest BCUT2D eigenvalue weighted by molar-refractivity contribution is 6.07. The fraction of sp³-hybridized carbons (Fsp3) is 0.100. The summed E-state index contributed by atoms with van der Waals surface area (Å²) in [4.78, 5) is 35.8. The topological polar surface area (TPSA) is 128 Å². The minimum atomic E-state index is -0.538. The molecule has 9 heteroatoms. The lowest BCUT2D eigenvalue weighted by Crippen LogP contribution is -2.14. The number of nitrogens with one attached hydrogen (secondary N) is 2. The second-order valence-electron chi connectivity index (χ2n) is 6.15. The molecule has 4 N–H and O–H groups in total. The summed E-state index contributed by atoms with van der Waals surface area (Å²) >= 11 is 0. The lowest BCUT2D eigenvalue weighted by molar-refractivity contribution is 0.0996. The average Bonchev–Trinajstić information content (AvgIpc) is 3.10. The Labute approximate surface area is 166 Å². The van der Waals surface area contributed by atoms with Gasteiger partial charge in [-0.25, -0.2) is 0 Å². The number of hydrogen-bond acceptors (Lipinski definition) is 5. The molecule has 0 saturated heterocycles. The minimum absolute atomic E-state index is 0.225. The third kappa shape index (κ3) is 4.59. The van der Waals surface area contributed by atoms with Crippen LogP contribution in [0.3, 0.4) is 0 Å². The molecule has 0 spiro atoms. The first kappa shape index (κ1) is 19.6. The Balaban J connectivity index is 1.65. The number of aromatic nitrogens is 2. The number of hydrogen-bond donors (Lipinski definition) is 3. The van der Waals surface area contributed by atoms with Crippen LogP contribution in [0.1, 0.15) is 31.1 Å². The summed E-state index contributed by atoms with van der Waals surface area (Å²) in [5.74, 6) is -1.02. The van der Waals surface area contributed by atoms with E-state index < -0.39 is 5.91 Å². The molecule has 0 bridgehead atoms. The third-order valence-electron chi connectivity index (χ3n) is 4.07. The van der Waals surface area contributed by atoms with Gasteiger partial charge >= 0.3 is 0 Å². The third-order valence-corrected chi connectivity index (χ3v) is 4.07. The molecule has 3 amide bonds. The van der Waals surface area contributed by atoms with Gasteiger partial charge in [-0.2, -0.15) is 0 Å². The predicted octanol–water partition coefficient (Wildman–Crippen LogP) is 2.03. The van der Waals surface area contributed by atoms with Gasteiger partial charge in [-0.3, -0.25) is 19.1 Å². The first-order valence-electron chi connectivity index (χ1n) is 8.57. The van der Waals surface area contributed by atoms with Crippen molar-refractivity contribution >= 4 is 29.1 Å². The van der Waals surface area contributed by atoms with E-state index in [1.807, 2.05) is 0 Å². The van der Waals surface area contributed by atoms with Crippen LogP contribution in [-0.2, 0) is 7.05 Å². The summed E-state index contributed by atoms with van der Waals surface area (Å²) in [6.45, 7) is 0. The van der Waals surface area contributed by atoms with Crippen LogP contribution >= 0.6 is 0 Å². The summed E-state index contributed by atoms with van der Waals surface area (Å²) in [5.41, 5.74) is 7.30. The van der Waals surface area contributed by atoms with Gasteiger partial charge in [0.25, 0.3) is 11.8 Å². The summed E-state index contributed by atoms with van der Waals surface area (Å²) < 4.78 is 6.56. The van der Waals surface area contributed by atoms with Gasteiger partial charge in [0, 0.05) is 35.7 Å². The number of ether oxygens (including phenoxy) is 1. The van der Waals surface area contributed by atoms with Crippen molar-refractivity contribution in [3.05, 3.63) is 71.4 Å². The zero-order chi connectivity index (χ0) is 21.0. The van der Waals surface area contributed by atoms with E-state index in [2.05, 4.69) is 15.7 Å². The highest BCUT2D eigenvalue weighted by Crippen LogP contribution is 2.18. The number of aryl methyl sites for hydroxylation is 1. The van der Waals surface area contributed by atoms with Crippen LogP contribution in [0.15, 0.2) is 54.7 Å². The highest BCUT2D eigenvalue weighted by Gasteiger charge is 2.16. The number of carbonyl (C=O) groups is 3. The number of amides is 3. The van der Waals surface area contributed by atoms with E-state index in [4.69, 9.17) is 10.5 Å². The maximum atomic E-state index is 12.4. The van der Waals surface area contributed by atoms with Gasteiger partial charge in [-0.15, -0.1) is 5.10 Å². The number of anilines is 2. The number of primary amides is 1. The smallest absolute Gasteiger partial charge is 0.262 e. The molecular weight excluding hydrogens is 374 g/mol. The Kier molecular flexibility index (Phi) is 5.59.